The lowest BCUT2D eigenvalue weighted by atomic mass is 10.3. The fraction of sp³-hybridized carbons (Fsp3) is 0.214. The van der Waals surface area contributed by atoms with E-state index in [0.29, 0.717) is 5.69 Å². The first-order valence-electron chi connectivity index (χ1n) is 6.81. The lowest BCUT2D eigenvalue weighted by Crippen LogP contribution is -2.28. The summed E-state index contributed by atoms with van der Waals surface area (Å²) in [6.45, 7) is 1.12. The maximum Gasteiger partial charge on any atom is 0.264 e. The molecule has 1 heterocycles. The van der Waals surface area contributed by atoms with Crippen LogP contribution in [0.15, 0.2) is 46.7 Å². The van der Waals surface area contributed by atoms with Crippen LogP contribution < -0.4 is 10.0 Å². The van der Waals surface area contributed by atoms with Crippen molar-refractivity contribution in [2.75, 3.05) is 11.1 Å². The Bertz CT molecular complexity index is 844. The maximum atomic E-state index is 11.9. The Hall–Kier alpha value is -2.33. The molecule has 8 nitrogen and oxygen atoms in total. The summed E-state index contributed by atoms with van der Waals surface area (Å²) in [5.74, 6) is -0.726. The van der Waals surface area contributed by atoms with Gasteiger partial charge in [0.25, 0.3) is 10.0 Å². The summed E-state index contributed by atoms with van der Waals surface area (Å²) >= 11 is 1.29. The Morgan fingerprint density at radius 2 is 1.92 bits per heavy atom. The molecule has 2 amide bonds. The number of thioether (sulfide) groups is 1. The number of hydrogen-bond donors (Lipinski definition) is 2. The Morgan fingerprint density at radius 3 is 2.46 bits per heavy atom. The predicted molar refractivity (Wildman–Crippen MR) is 90.0 cm³/mol. The van der Waals surface area contributed by atoms with Crippen LogP contribution in [0.25, 0.3) is 0 Å². The number of rotatable bonds is 6. The summed E-state index contributed by atoms with van der Waals surface area (Å²) in [6.07, 6.45) is 3.43. The number of anilines is 1. The van der Waals surface area contributed by atoms with E-state index in [9.17, 15) is 18.0 Å². The smallest absolute Gasteiger partial charge is 0.264 e. The minimum atomic E-state index is -3.88. The van der Waals surface area contributed by atoms with Gasteiger partial charge in [-0.05, 0) is 24.3 Å². The number of carbonyl (C=O) groups is 2. The van der Waals surface area contributed by atoms with E-state index in [0.717, 1.165) is 12.1 Å². The monoisotopic (exact) mass is 368 g/mol. The lowest BCUT2D eigenvalue weighted by Gasteiger charge is -2.07. The normalized spacial score (nSPS) is 11.1. The van der Waals surface area contributed by atoms with Crippen molar-refractivity contribution in [3.05, 3.63) is 36.7 Å². The third-order valence-corrected chi connectivity index (χ3v) is 5.34. The number of imidazole rings is 1. The summed E-state index contributed by atoms with van der Waals surface area (Å²) in [6, 6.07) is 5.54. The number of carbonyl (C=O) groups excluding carboxylic acids is 2. The molecule has 0 unspecified atom stereocenters. The molecule has 0 aliphatic heterocycles. The van der Waals surface area contributed by atoms with E-state index in [-0.39, 0.29) is 16.6 Å². The minimum absolute atomic E-state index is 0.0573. The van der Waals surface area contributed by atoms with E-state index >= 15 is 0 Å². The molecular weight excluding hydrogens is 352 g/mol. The molecule has 0 spiro atoms. The zero-order valence-electron chi connectivity index (χ0n) is 13.0. The van der Waals surface area contributed by atoms with Gasteiger partial charge in [0.05, 0.1) is 10.6 Å². The van der Waals surface area contributed by atoms with Crippen molar-refractivity contribution in [1.29, 1.82) is 0 Å². The average molecular weight is 368 g/mol. The second kappa shape index (κ2) is 7.49. The van der Waals surface area contributed by atoms with Gasteiger partial charge < -0.3 is 9.88 Å². The molecule has 0 aliphatic carbocycles. The highest BCUT2D eigenvalue weighted by Gasteiger charge is 2.15. The summed E-state index contributed by atoms with van der Waals surface area (Å²) < 4.78 is 27.3. The Morgan fingerprint density at radius 1 is 1.25 bits per heavy atom. The molecule has 0 fully saturated rings. The van der Waals surface area contributed by atoms with Crippen molar-refractivity contribution in [2.45, 2.75) is 17.0 Å². The van der Waals surface area contributed by atoms with Crippen LogP contribution in [0.3, 0.4) is 0 Å². The molecule has 2 aromatic rings. The summed E-state index contributed by atoms with van der Waals surface area (Å²) in [4.78, 5) is 26.8. The van der Waals surface area contributed by atoms with Crippen LogP contribution in [0, 0.1) is 0 Å². The highest BCUT2D eigenvalue weighted by atomic mass is 32.2. The number of hydrogen-bond acceptors (Lipinski definition) is 6. The first kappa shape index (κ1) is 18.0. The first-order valence-corrected chi connectivity index (χ1v) is 9.28. The number of nitrogens with zero attached hydrogens (tertiary/aromatic N) is 2. The van der Waals surface area contributed by atoms with Gasteiger partial charge in [0.1, 0.15) is 0 Å². The molecule has 24 heavy (non-hydrogen) atoms. The topological polar surface area (TPSA) is 110 Å². The van der Waals surface area contributed by atoms with Crippen LogP contribution in [0.4, 0.5) is 5.69 Å². The second-order valence-corrected chi connectivity index (χ2v) is 7.47. The van der Waals surface area contributed by atoms with Gasteiger partial charge in [0.2, 0.25) is 11.8 Å². The van der Waals surface area contributed by atoms with Gasteiger partial charge in [-0.3, -0.25) is 9.59 Å². The highest BCUT2D eigenvalue weighted by Crippen LogP contribution is 2.17. The Balaban J connectivity index is 1.95. The lowest BCUT2D eigenvalue weighted by molar-refractivity contribution is -0.117. The zero-order chi connectivity index (χ0) is 17.7. The molecule has 0 bridgehead atoms. The molecule has 2 N–H and O–H groups in total. The number of benzene rings is 1. The third kappa shape index (κ3) is 4.83. The van der Waals surface area contributed by atoms with Crippen molar-refractivity contribution >= 4 is 39.3 Å². The van der Waals surface area contributed by atoms with Gasteiger partial charge >= 0.3 is 0 Å². The maximum absolute atomic E-state index is 11.9. The largest absolute Gasteiger partial charge is 0.329 e. The Labute approximate surface area is 143 Å². The van der Waals surface area contributed by atoms with Crippen LogP contribution in [-0.2, 0) is 26.7 Å². The van der Waals surface area contributed by atoms with E-state index in [1.807, 2.05) is 11.8 Å². The quantitative estimate of drug-likeness (QED) is 0.736. The molecule has 0 saturated heterocycles. The van der Waals surface area contributed by atoms with Gasteiger partial charge in [-0.15, -0.1) is 0 Å². The van der Waals surface area contributed by atoms with E-state index in [4.69, 9.17) is 0 Å². The van der Waals surface area contributed by atoms with Crippen molar-refractivity contribution in [3.63, 3.8) is 0 Å². The number of sulfonamides is 1. The van der Waals surface area contributed by atoms with E-state index in [2.05, 4.69) is 10.3 Å². The molecule has 0 atom stereocenters. The summed E-state index contributed by atoms with van der Waals surface area (Å²) in [5, 5.41) is 3.39. The average Bonchev–Trinajstić information content (AvgIpc) is 2.90. The molecule has 1 aromatic carbocycles. The van der Waals surface area contributed by atoms with Crippen LogP contribution in [0.2, 0.25) is 0 Å². The van der Waals surface area contributed by atoms with Crippen molar-refractivity contribution in [1.82, 2.24) is 14.3 Å². The molecule has 0 saturated carbocycles. The second-order valence-electron chi connectivity index (χ2n) is 4.84. The zero-order valence-corrected chi connectivity index (χ0v) is 14.6. The van der Waals surface area contributed by atoms with Crippen LogP contribution in [0.5, 0.6) is 0 Å². The molecule has 0 aliphatic rings. The predicted octanol–water partition coefficient (Wildman–Crippen LogP) is 0.976. The van der Waals surface area contributed by atoms with Crippen LogP contribution in [0.1, 0.15) is 6.92 Å². The number of nitrogens with one attached hydrogen (secondary N) is 2. The van der Waals surface area contributed by atoms with Gasteiger partial charge in [-0.1, -0.05) is 11.8 Å². The minimum Gasteiger partial charge on any atom is -0.329 e. The van der Waals surface area contributed by atoms with Crippen molar-refractivity contribution in [2.24, 2.45) is 7.05 Å². The SMILES string of the molecule is CC(=O)NS(=O)(=O)c1ccc(NC(=O)CSc2nccn2C)cc1. The Kier molecular flexibility index (Phi) is 5.62. The van der Waals surface area contributed by atoms with Gasteiger partial charge in [0, 0.05) is 32.1 Å². The first-order chi connectivity index (χ1) is 11.3. The molecular formula is C14H16N4O4S2. The number of aryl methyl sites for hydroxylation is 1. The van der Waals surface area contributed by atoms with Gasteiger partial charge in [-0.25, -0.2) is 18.1 Å². The van der Waals surface area contributed by atoms with Gasteiger partial charge in [-0.2, -0.15) is 0 Å². The standard InChI is InChI=1S/C14H16N4O4S2/c1-10(19)17-24(21,22)12-5-3-11(4-6-12)16-13(20)9-23-14-15-7-8-18(14)2/h3-8H,9H2,1-2H3,(H,16,20)(H,17,19). The molecule has 2 rings (SSSR count). The van der Waals surface area contributed by atoms with Crippen molar-refractivity contribution < 1.29 is 18.0 Å². The highest BCUT2D eigenvalue weighted by molar-refractivity contribution is 7.99. The molecule has 0 radical (unpaired) electrons. The van der Waals surface area contributed by atoms with Crippen LogP contribution >= 0.6 is 11.8 Å². The third-order valence-electron chi connectivity index (χ3n) is 2.84. The molecule has 1 aromatic heterocycles. The fourth-order valence-electron chi connectivity index (χ4n) is 1.78. The van der Waals surface area contributed by atoms with E-state index in [1.165, 1.54) is 36.0 Å². The summed E-state index contributed by atoms with van der Waals surface area (Å²) in [5.41, 5.74) is 0.460. The van der Waals surface area contributed by atoms with Crippen molar-refractivity contribution in [3.8, 4) is 0 Å². The summed E-state index contributed by atoms with van der Waals surface area (Å²) in [7, 11) is -2.04. The van der Waals surface area contributed by atoms with Gasteiger partial charge in [0.15, 0.2) is 5.16 Å². The molecule has 10 heteroatoms. The number of aromatic nitrogens is 2. The van der Waals surface area contributed by atoms with E-state index in [1.54, 1.807) is 17.0 Å². The molecule has 128 valence electrons. The van der Waals surface area contributed by atoms with Crippen LogP contribution in [-0.4, -0.2) is 35.5 Å². The fourth-order valence-corrected chi connectivity index (χ4v) is 3.51. The van der Waals surface area contributed by atoms with E-state index < -0.39 is 15.9 Å². The number of amides is 2.